The van der Waals surface area contributed by atoms with E-state index >= 15 is 0 Å². The summed E-state index contributed by atoms with van der Waals surface area (Å²) in [6.45, 7) is 11.7. The van der Waals surface area contributed by atoms with Crippen LogP contribution in [0.3, 0.4) is 0 Å². The molecule has 0 bridgehead atoms. The van der Waals surface area contributed by atoms with E-state index in [4.69, 9.17) is 0 Å². The lowest BCUT2D eigenvalue weighted by Gasteiger charge is -2.33. The monoisotopic (exact) mass is 599 g/mol. The molecule has 0 unspecified atom stereocenters. The number of anilines is 3. The minimum atomic E-state index is -0.0771. The maximum atomic E-state index is 2.50. The highest BCUT2D eigenvalue weighted by Crippen LogP contribution is 2.51. The average molecular weight is 600 g/mol. The van der Waals surface area contributed by atoms with Crippen molar-refractivity contribution in [1.82, 2.24) is 0 Å². The van der Waals surface area contributed by atoms with Gasteiger partial charge in [-0.3, -0.25) is 0 Å². The van der Waals surface area contributed by atoms with Crippen LogP contribution in [-0.4, -0.2) is 0 Å². The van der Waals surface area contributed by atoms with Gasteiger partial charge in [0.25, 0.3) is 0 Å². The van der Waals surface area contributed by atoms with Gasteiger partial charge in [0.15, 0.2) is 0 Å². The van der Waals surface area contributed by atoms with Gasteiger partial charge in [0.05, 0.1) is 0 Å². The van der Waals surface area contributed by atoms with Crippen LogP contribution in [0.5, 0.6) is 0 Å². The largest absolute Gasteiger partial charge is 0.310 e. The third-order valence-corrected chi connectivity index (χ3v) is 10.7. The van der Waals surface area contributed by atoms with Crippen LogP contribution in [0, 0.1) is 0 Å². The van der Waals surface area contributed by atoms with Crippen molar-refractivity contribution in [2.24, 2.45) is 0 Å². The summed E-state index contributed by atoms with van der Waals surface area (Å²) in [4.78, 5) is 2.50. The zero-order chi connectivity index (χ0) is 30.9. The fourth-order valence-corrected chi connectivity index (χ4v) is 8.39. The van der Waals surface area contributed by atoms with Crippen LogP contribution in [0.2, 0.25) is 0 Å². The molecule has 0 spiro atoms. The van der Waals surface area contributed by atoms with Gasteiger partial charge in [-0.05, 0) is 86.8 Å². The van der Waals surface area contributed by atoms with Crippen molar-refractivity contribution < 1.29 is 0 Å². The number of nitrogens with zero attached hydrogens (tertiary/aromatic N) is 1. The van der Waals surface area contributed by atoms with E-state index in [9.17, 15) is 0 Å². The summed E-state index contributed by atoms with van der Waals surface area (Å²) in [6, 6.07) is 49.6. The fraction of sp³-hybridized carbons (Fsp3) is 0.163. The highest BCUT2D eigenvalue weighted by molar-refractivity contribution is 7.25. The van der Waals surface area contributed by atoms with Crippen LogP contribution in [-0.2, 0) is 10.8 Å². The zero-order valence-electron chi connectivity index (χ0n) is 26.6. The van der Waals surface area contributed by atoms with Crippen molar-refractivity contribution in [3.05, 3.63) is 150 Å². The molecule has 8 rings (SSSR count). The molecule has 1 aliphatic rings. The van der Waals surface area contributed by atoms with Crippen molar-refractivity contribution in [2.75, 3.05) is 4.90 Å². The second kappa shape index (κ2) is 10.2. The van der Waals surface area contributed by atoms with Gasteiger partial charge in [-0.25, -0.2) is 0 Å². The number of fused-ring (bicyclic) bond motifs is 6. The Balaban J connectivity index is 1.37. The van der Waals surface area contributed by atoms with Gasteiger partial charge < -0.3 is 4.90 Å². The van der Waals surface area contributed by atoms with E-state index in [1.807, 2.05) is 11.3 Å². The molecular formula is C43H37NS. The minimum Gasteiger partial charge on any atom is -0.310 e. The van der Waals surface area contributed by atoms with Crippen LogP contribution < -0.4 is 4.90 Å². The molecule has 1 aliphatic carbocycles. The molecule has 0 saturated heterocycles. The predicted molar refractivity (Wildman–Crippen MR) is 196 cm³/mol. The van der Waals surface area contributed by atoms with Crippen molar-refractivity contribution in [1.29, 1.82) is 0 Å². The molecular weight excluding hydrogens is 563 g/mol. The van der Waals surface area contributed by atoms with Gasteiger partial charge in [-0.2, -0.15) is 0 Å². The van der Waals surface area contributed by atoms with Crippen LogP contribution in [0.1, 0.15) is 51.3 Å². The van der Waals surface area contributed by atoms with E-state index in [0.29, 0.717) is 0 Å². The molecule has 2 heteroatoms. The van der Waals surface area contributed by atoms with E-state index in [2.05, 4.69) is 173 Å². The molecule has 220 valence electrons. The lowest BCUT2D eigenvalue weighted by Crippen LogP contribution is -2.20. The van der Waals surface area contributed by atoms with Crippen molar-refractivity contribution in [3.63, 3.8) is 0 Å². The Morgan fingerprint density at radius 2 is 1.20 bits per heavy atom. The maximum Gasteiger partial charge on any atom is 0.0499 e. The SMILES string of the molecule is CC(C)(C)c1cc(-c2ccccc2)ccc1N(c1ccc2c(c1)C(C)(C)c1ccccc1-2)c1ccc2c(c1)sc1ccccc12. The summed E-state index contributed by atoms with van der Waals surface area (Å²) in [7, 11) is 0. The highest BCUT2D eigenvalue weighted by atomic mass is 32.1. The summed E-state index contributed by atoms with van der Waals surface area (Å²) in [5.41, 5.74) is 12.7. The van der Waals surface area contributed by atoms with Crippen LogP contribution in [0.4, 0.5) is 17.1 Å². The third-order valence-electron chi connectivity index (χ3n) is 9.60. The molecule has 0 fully saturated rings. The standard InChI is InChI=1S/C43H37NS/c1-42(2,3)38-25-29(28-13-7-6-8-14-28)19-24-39(38)44(31-21-23-35-34-16-10-12-18-40(34)45-41(35)27-31)30-20-22-33-32-15-9-11-17-36(32)43(4,5)37(33)26-30/h6-27H,1-5H3. The lowest BCUT2D eigenvalue weighted by atomic mass is 9.82. The first-order valence-electron chi connectivity index (χ1n) is 15.9. The van der Waals surface area contributed by atoms with Crippen LogP contribution in [0.25, 0.3) is 42.4 Å². The molecule has 1 aromatic heterocycles. The van der Waals surface area contributed by atoms with Gasteiger partial charge in [0, 0.05) is 42.6 Å². The van der Waals surface area contributed by atoms with Gasteiger partial charge in [-0.1, -0.05) is 126 Å². The molecule has 1 heterocycles. The first-order chi connectivity index (χ1) is 21.7. The summed E-state index contributed by atoms with van der Waals surface area (Å²) < 4.78 is 2.64. The summed E-state index contributed by atoms with van der Waals surface area (Å²) >= 11 is 1.88. The molecule has 0 N–H and O–H groups in total. The normalized spacial score (nSPS) is 13.6. The predicted octanol–water partition coefficient (Wildman–Crippen LogP) is 12.8. The van der Waals surface area contributed by atoms with Gasteiger partial charge >= 0.3 is 0 Å². The van der Waals surface area contributed by atoms with Gasteiger partial charge in [0.1, 0.15) is 0 Å². The third kappa shape index (κ3) is 4.51. The first-order valence-corrected chi connectivity index (χ1v) is 16.7. The zero-order valence-corrected chi connectivity index (χ0v) is 27.4. The molecule has 0 atom stereocenters. The highest BCUT2D eigenvalue weighted by Gasteiger charge is 2.36. The Morgan fingerprint density at radius 3 is 2.02 bits per heavy atom. The Labute approximate surface area is 270 Å². The second-order valence-corrected chi connectivity index (χ2v) is 14.9. The van der Waals surface area contributed by atoms with E-state index in [1.165, 1.54) is 76.2 Å². The maximum absolute atomic E-state index is 2.50. The Kier molecular flexibility index (Phi) is 6.31. The van der Waals surface area contributed by atoms with E-state index < -0.39 is 0 Å². The minimum absolute atomic E-state index is 0.0763. The Morgan fingerprint density at radius 1 is 0.533 bits per heavy atom. The van der Waals surface area contributed by atoms with Crippen molar-refractivity contribution >= 4 is 48.6 Å². The van der Waals surface area contributed by atoms with E-state index in [-0.39, 0.29) is 10.8 Å². The number of thiophene rings is 1. The van der Waals surface area contributed by atoms with E-state index in [0.717, 1.165) is 0 Å². The topological polar surface area (TPSA) is 3.24 Å². The van der Waals surface area contributed by atoms with Gasteiger partial charge in [-0.15, -0.1) is 11.3 Å². The van der Waals surface area contributed by atoms with E-state index in [1.54, 1.807) is 0 Å². The quantitative estimate of drug-likeness (QED) is 0.194. The molecule has 1 nitrogen and oxygen atoms in total. The van der Waals surface area contributed by atoms with Crippen molar-refractivity contribution in [3.8, 4) is 22.3 Å². The number of rotatable bonds is 4. The molecule has 0 radical (unpaired) electrons. The first kappa shape index (κ1) is 27.9. The van der Waals surface area contributed by atoms with Crippen LogP contribution in [0.15, 0.2) is 133 Å². The second-order valence-electron chi connectivity index (χ2n) is 13.9. The molecule has 0 amide bonds. The molecule has 7 aromatic rings. The average Bonchev–Trinajstić information content (AvgIpc) is 3.53. The lowest BCUT2D eigenvalue weighted by molar-refractivity contribution is 0.591. The summed E-state index contributed by atoms with van der Waals surface area (Å²) in [5.74, 6) is 0. The number of hydrogen-bond donors (Lipinski definition) is 0. The van der Waals surface area contributed by atoms with Gasteiger partial charge in [0.2, 0.25) is 0 Å². The van der Waals surface area contributed by atoms with Crippen LogP contribution >= 0.6 is 11.3 Å². The number of benzene rings is 6. The summed E-state index contributed by atoms with van der Waals surface area (Å²) in [6.07, 6.45) is 0. The Hall–Kier alpha value is -4.66. The molecule has 0 saturated carbocycles. The summed E-state index contributed by atoms with van der Waals surface area (Å²) in [5, 5.41) is 2.65. The molecule has 0 aliphatic heterocycles. The fourth-order valence-electron chi connectivity index (χ4n) is 7.25. The molecule has 6 aromatic carbocycles. The van der Waals surface area contributed by atoms with Crippen molar-refractivity contribution in [2.45, 2.75) is 45.4 Å². The number of hydrogen-bond acceptors (Lipinski definition) is 2. The Bertz CT molecular complexity index is 2230. The molecule has 45 heavy (non-hydrogen) atoms. The smallest absolute Gasteiger partial charge is 0.0499 e.